The predicted octanol–water partition coefficient (Wildman–Crippen LogP) is 4.37. The summed E-state index contributed by atoms with van der Waals surface area (Å²) >= 11 is 0. The summed E-state index contributed by atoms with van der Waals surface area (Å²) in [5.74, 6) is 1.31. The third kappa shape index (κ3) is 4.26. The number of hydrogen-bond donors (Lipinski definition) is 2. The van der Waals surface area contributed by atoms with E-state index in [4.69, 9.17) is 16.9 Å². The van der Waals surface area contributed by atoms with Crippen LogP contribution in [0.5, 0.6) is 0 Å². The molecule has 0 radical (unpaired) electrons. The van der Waals surface area contributed by atoms with Crippen LogP contribution in [0.4, 0.5) is 20.2 Å². The number of fused-ring (bicyclic) bond motifs is 2. The summed E-state index contributed by atoms with van der Waals surface area (Å²) in [5.41, 5.74) is 11.3. The molecule has 0 saturated carbocycles. The van der Waals surface area contributed by atoms with E-state index in [9.17, 15) is 8.78 Å². The lowest BCUT2D eigenvalue weighted by molar-refractivity contribution is -0.00896. The van der Waals surface area contributed by atoms with Crippen molar-refractivity contribution >= 4 is 22.3 Å². The van der Waals surface area contributed by atoms with Gasteiger partial charge >= 0.3 is 0 Å². The van der Waals surface area contributed by atoms with Crippen molar-refractivity contribution in [3.63, 3.8) is 0 Å². The number of terminal acetylenes is 1. The van der Waals surface area contributed by atoms with Crippen LogP contribution in [0.1, 0.15) is 12.0 Å². The highest BCUT2D eigenvalue weighted by atomic mass is 19.1. The number of nitrogens with zero attached hydrogens (tertiary/aromatic N) is 3. The van der Waals surface area contributed by atoms with Gasteiger partial charge in [-0.2, -0.15) is 0 Å². The first-order chi connectivity index (χ1) is 18.0. The largest absolute Gasteiger partial charge is 0.396 e. The van der Waals surface area contributed by atoms with E-state index in [0.717, 1.165) is 47.7 Å². The molecule has 2 aromatic heterocycles. The molecular formula is C29H25F2N5O. The van der Waals surface area contributed by atoms with Crippen molar-refractivity contribution in [2.75, 3.05) is 36.9 Å². The first-order valence-electron chi connectivity index (χ1n) is 12.2. The summed E-state index contributed by atoms with van der Waals surface area (Å²) in [6.07, 6.45) is 9.83. The zero-order chi connectivity index (χ0) is 25.5. The maximum atomic E-state index is 14.3. The molecule has 6 rings (SSSR count). The number of rotatable bonds is 3. The zero-order valence-electron chi connectivity index (χ0n) is 20.0. The van der Waals surface area contributed by atoms with Crippen molar-refractivity contribution < 1.29 is 13.5 Å². The molecule has 6 nitrogen and oxygen atoms in total. The summed E-state index contributed by atoms with van der Waals surface area (Å²) in [6.45, 7) is 2.87. The van der Waals surface area contributed by atoms with E-state index in [2.05, 4.69) is 26.1 Å². The Kier molecular flexibility index (Phi) is 5.95. The highest BCUT2D eigenvalue weighted by Crippen LogP contribution is 2.40. The molecule has 0 aliphatic carbocycles. The second kappa shape index (κ2) is 9.43. The molecule has 2 aliphatic heterocycles. The first kappa shape index (κ1) is 23.3. The molecule has 0 bridgehead atoms. The Balaban J connectivity index is 1.56. The lowest BCUT2D eigenvalue weighted by atomic mass is 9.95. The van der Waals surface area contributed by atoms with Gasteiger partial charge in [0.1, 0.15) is 11.6 Å². The van der Waals surface area contributed by atoms with E-state index in [1.54, 1.807) is 18.5 Å². The van der Waals surface area contributed by atoms with Crippen molar-refractivity contribution in [2.24, 2.45) is 0 Å². The van der Waals surface area contributed by atoms with Gasteiger partial charge in [0.05, 0.1) is 40.9 Å². The molecule has 0 amide bonds. The molecule has 37 heavy (non-hydrogen) atoms. The summed E-state index contributed by atoms with van der Waals surface area (Å²) in [4.78, 5) is 11.4. The number of nitrogens with one attached hydrogen (secondary N) is 1. The van der Waals surface area contributed by atoms with Gasteiger partial charge in [0.15, 0.2) is 0 Å². The van der Waals surface area contributed by atoms with Gasteiger partial charge in [0.25, 0.3) is 0 Å². The fourth-order valence-electron chi connectivity index (χ4n) is 5.39. The number of hydrogen-bond acceptors (Lipinski definition) is 6. The number of nitrogen functional groups attached to an aromatic ring is 1. The number of morpholine rings is 1. The molecule has 0 spiro atoms. The van der Waals surface area contributed by atoms with Gasteiger partial charge < -0.3 is 20.7 Å². The van der Waals surface area contributed by atoms with Gasteiger partial charge in [0, 0.05) is 60.6 Å². The van der Waals surface area contributed by atoms with E-state index >= 15 is 0 Å². The van der Waals surface area contributed by atoms with E-state index < -0.39 is 11.6 Å². The van der Waals surface area contributed by atoms with Crippen LogP contribution in [0.3, 0.4) is 0 Å². The molecule has 2 fully saturated rings. The molecule has 4 heterocycles. The summed E-state index contributed by atoms with van der Waals surface area (Å²) in [5, 5.41) is 4.37. The van der Waals surface area contributed by atoms with Crippen LogP contribution in [-0.4, -0.2) is 48.4 Å². The molecule has 1 unspecified atom stereocenters. The quantitative estimate of drug-likeness (QED) is 0.410. The van der Waals surface area contributed by atoms with Gasteiger partial charge in [-0.05, 0) is 42.3 Å². The maximum absolute atomic E-state index is 14.3. The average molecular weight is 498 g/mol. The van der Waals surface area contributed by atoms with Crippen molar-refractivity contribution in [1.29, 1.82) is 0 Å². The van der Waals surface area contributed by atoms with Gasteiger partial charge in [-0.1, -0.05) is 12.0 Å². The second-order valence-electron chi connectivity index (χ2n) is 9.38. The molecule has 8 heteroatoms. The first-order valence-corrected chi connectivity index (χ1v) is 12.2. The Morgan fingerprint density at radius 2 is 1.92 bits per heavy atom. The molecule has 2 atom stereocenters. The van der Waals surface area contributed by atoms with Crippen LogP contribution in [0, 0.1) is 24.0 Å². The van der Waals surface area contributed by atoms with Crippen molar-refractivity contribution in [1.82, 2.24) is 15.3 Å². The number of piperidine rings is 1. The van der Waals surface area contributed by atoms with Gasteiger partial charge in [-0.15, -0.1) is 6.42 Å². The summed E-state index contributed by atoms with van der Waals surface area (Å²) < 4.78 is 34.6. The number of ether oxygens (including phenoxy) is 1. The molecular weight excluding hydrogens is 472 g/mol. The Bertz CT molecular complexity index is 1530. The highest BCUT2D eigenvalue weighted by Gasteiger charge is 2.33. The number of anilines is 2. The Morgan fingerprint density at radius 1 is 1.08 bits per heavy atom. The number of aromatic nitrogens is 2. The minimum absolute atomic E-state index is 0.00983. The Morgan fingerprint density at radius 3 is 2.73 bits per heavy atom. The average Bonchev–Trinajstić information content (AvgIpc) is 2.91. The third-order valence-corrected chi connectivity index (χ3v) is 7.15. The highest BCUT2D eigenvalue weighted by molar-refractivity contribution is 6.02. The molecule has 2 aliphatic rings. The van der Waals surface area contributed by atoms with E-state index in [-0.39, 0.29) is 12.1 Å². The van der Waals surface area contributed by atoms with Crippen LogP contribution >= 0.6 is 0 Å². The lowest BCUT2D eigenvalue weighted by Gasteiger charge is -2.43. The number of benzene rings is 2. The monoisotopic (exact) mass is 497 g/mol. The minimum Gasteiger partial charge on any atom is -0.396 e. The van der Waals surface area contributed by atoms with E-state index in [1.807, 2.05) is 18.2 Å². The summed E-state index contributed by atoms with van der Waals surface area (Å²) in [6, 6.07) is 11.3. The Hall–Kier alpha value is -4.06. The number of halogens is 2. The fraction of sp³-hybridized carbons (Fsp3) is 0.241. The molecule has 4 aromatic rings. The molecule has 2 saturated heterocycles. The zero-order valence-corrected chi connectivity index (χ0v) is 20.0. The molecule has 2 aromatic carbocycles. The topological polar surface area (TPSA) is 76.3 Å². The van der Waals surface area contributed by atoms with Crippen molar-refractivity contribution in [3.8, 4) is 34.7 Å². The van der Waals surface area contributed by atoms with Crippen molar-refractivity contribution in [3.05, 3.63) is 72.1 Å². The second-order valence-corrected chi connectivity index (χ2v) is 9.38. The van der Waals surface area contributed by atoms with Crippen LogP contribution in [0.2, 0.25) is 0 Å². The van der Waals surface area contributed by atoms with Crippen LogP contribution in [0.15, 0.2) is 54.9 Å². The van der Waals surface area contributed by atoms with Crippen LogP contribution in [0.25, 0.3) is 33.3 Å². The summed E-state index contributed by atoms with van der Waals surface area (Å²) in [7, 11) is 0. The third-order valence-electron chi connectivity index (χ3n) is 7.15. The Labute approximate surface area is 213 Å². The van der Waals surface area contributed by atoms with Crippen molar-refractivity contribution in [2.45, 2.75) is 18.6 Å². The van der Waals surface area contributed by atoms with Gasteiger partial charge in [0.2, 0.25) is 0 Å². The van der Waals surface area contributed by atoms with E-state index in [1.165, 1.54) is 12.1 Å². The minimum atomic E-state index is -0.642. The predicted molar refractivity (Wildman–Crippen MR) is 141 cm³/mol. The van der Waals surface area contributed by atoms with Gasteiger partial charge in [-0.25, -0.2) is 8.78 Å². The fourth-order valence-corrected chi connectivity index (χ4v) is 5.39. The SMILES string of the molecule is C#Cc1ccnc(-c2ccc3ncc(-c4cc(F)cc(F)c4)c(N4CC[C@H]5NCCOC5C4)c3c2)c1N. The lowest BCUT2D eigenvalue weighted by Crippen LogP contribution is -2.57. The standard InChI is InChI=1S/C29H25F2N5O/c1-2-17-5-7-34-28(27(17)32)18-3-4-24-22(13-18)29(36-9-6-25-26(16-36)37-10-8-33-25)23(15-35-24)19-11-20(30)14-21(31)12-19/h1,3-5,7,11-15,25-26,33H,6,8-10,16,32H2/t25-,26?/m1/s1. The van der Waals surface area contributed by atoms with Crippen LogP contribution < -0.4 is 16.0 Å². The smallest absolute Gasteiger partial charge is 0.126 e. The van der Waals surface area contributed by atoms with Gasteiger partial charge in [-0.3, -0.25) is 9.97 Å². The maximum Gasteiger partial charge on any atom is 0.126 e. The molecule has 3 N–H and O–H groups in total. The molecule has 186 valence electrons. The normalized spacial score (nSPS) is 19.4. The van der Waals surface area contributed by atoms with Crippen LogP contribution in [-0.2, 0) is 4.74 Å². The number of pyridine rings is 2. The number of nitrogens with two attached hydrogens (primary N) is 1. The van der Waals surface area contributed by atoms with E-state index in [0.29, 0.717) is 41.2 Å².